The molecule has 4 rings (SSSR count). The van der Waals surface area contributed by atoms with Crippen LogP contribution in [0.3, 0.4) is 0 Å². The molecule has 1 aliphatic rings. The molecule has 2 aromatic carbocycles. The molecule has 1 aromatic heterocycles. The second-order valence-electron chi connectivity index (χ2n) is 6.29. The van der Waals surface area contributed by atoms with Crippen LogP contribution in [0.2, 0.25) is 0 Å². The fraction of sp³-hybridized carbons (Fsp3) is 0.211. The van der Waals surface area contributed by atoms with Gasteiger partial charge in [-0.3, -0.25) is 0 Å². The van der Waals surface area contributed by atoms with Gasteiger partial charge >= 0.3 is 0 Å². The standard InChI is InChI=1S/C19H16Br2N2O3S/c20-14-5-3-13(4-6-14)17-22-18(19(26-17)23-11-1-2-12-23)27(24,25)16-9-7-15(21)8-10-16/h3-10H,1-2,11-12H2. The van der Waals surface area contributed by atoms with E-state index in [1.165, 1.54) is 0 Å². The summed E-state index contributed by atoms with van der Waals surface area (Å²) in [6, 6.07) is 14.0. The molecule has 140 valence electrons. The van der Waals surface area contributed by atoms with Crippen LogP contribution in [-0.2, 0) is 9.84 Å². The molecule has 0 saturated carbocycles. The minimum absolute atomic E-state index is 0.0235. The molecule has 8 heteroatoms. The summed E-state index contributed by atoms with van der Waals surface area (Å²) in [5.41, 5.74) is 0.732. The first-order valence-electron chi connectivity index (χ1n) is 8.47. The second-order valence-corrected chi connectivity index (χ2v) is 9.98. The first kappa shape index (κ1) is 18.7. The fourth-order valence-corrected chi connectivity index (χ4v) is 4.88. The van der Waals surface area contributed by atoms with Gasteiger partial charge in [-0.1, -0.05) is 31.9 Å². The number of halogens is 2. The van der Waals surface area contributed by atoms with Gasteiger partial charge in [0.25, 0.3) is 0 Å². The Bertz CT molecular complexity index is 1060. The van der Waals surface area contributed by atoms with E-state index in [1.54, 1.807) is 24.3 Å². The Morgan fingerprint density at radius 2 is 1.44 bits per heavy atom. The highest BCUT2D eigenvalue weighted by molar-refractivity contribution is 9.10. The number of aromatic nitrogens is 1. The molecule has 0 bridgehead atoms. The van der Waals surface area contributed by atoms with E-state index < -0.39 is 9.84 Å². The van der Waals surface area contributed by atoms with Gasteiger partial charge in [-0.25, -0.2) is 8.42 Å². The summed E-state index contributed by atoms with van der Waals surface area (Å²) in [7, 11) is -3.80. The van der Waals surface area contributed by atoms with Crippen molar-refractivity contribution in [2.45, 2.75) is 22.8 Å². The molecule has 27 heavy (non-hydrogen) atoms. The molecule has 2 heterocycles. The Hall–Kier alpha value is -1.64. The van der Waals surface area contributed by atoms with Crippen LogP contribution in [0.1, 0.15) is 12.8 Å². The minimum Gasteiger partial charge on any atom is -0.419 e. The zero-order valence-corrected chi connectivity index (χ0v) is 18.2. The van der Waals surface area contributed by atoms with Crippen molar-refractivity contribution in [1.29, 1.82) is 0 Å². The van der Waals surface area contributed by atoms with E-state index in [9.17, 15) is 8.42 Å². The lowest BCUT2D eigenvalue weighted by Gasteiger charge is -2.14. The molecule has 3 aromatic rings. The zero-order valence-electron chi connectivity index (χ0n) is 14.2. The minimum atomic E-state index is -3.80. The largest absolute Gasteiger partial charge is 0.419 e. The summed E-state index contributed by atoms with van der Waals surface area (Å²) in [5.74, 6) is 0.633. The van der Waals surface area contributed by atoms with E-state index in [-0.39, 0.29) is 9.92 Å². The van der Waals surface area contributed by atoms with Crippen LogP contribution >= 0.6 is 31.9 Å². The Kier molecular flexibility index (Phi) is 5.13. The normalized spacial score (nSPS) is 14.7. The Morgan fingerprint density at radius 3 is 2.04 bits per heavy atom. The van der Waals surface area contributed by atoms with E-state index in [4.69, 9.17) is 4.42 Å². The summed E-state index contributed by atoms with van der Waals surface area (Å²) < 4.78 is 34.2. The lowest BCUT2D eigenvalue weighted by atomic mass is 10.2. The van der Waals surface area contributed by atoms with Gasteiger partial charge in [0.1, 0.15) is 0 Å². The molecule has 1 saturated heterocycles. The van der Waals surface area contributed by atoms with Gasteiger partial charge in [-0.05, 0) is 61.4 Å². The molecular weight excluding hydrogens is 496 g/mol. The highest BCUT2D eigenvalue weighted by atomic mass is 79.9. The number of rotatable bonds is 4. The van der Waals surface area contributed by atoms with Gasteiger partial charge in [0.05, 0.1) is 4.90 Å². The van der Waals surface area contributed by atoms with Crippen LogP contribution in [0.25, 0.3) is 11.5 Å². The molecule has 1 fully saturated rings. The van der Waals surface area contributed by atoms with E-state index >= 15 is 0 Å². The van der Waals surface area contributed by atoms with Gasteiger partial charge in [-0.2, -0.15) is 4.98 Å². The monoisotopic (exact) mass is 510 g/mol. The number of oxazole rings is 1. The van der Waals surface area contributed by atoms with Gasteiger partial charge in [0.2, 0.25) is 26.6 Å². The first-order valence-corrected chi connectivity index (χ1v) is 11.5. The summed E-state index contributed by atoms with van der Waals surface area (Å²) >= 11 is 6.74. The molecule has 1 aliphatic heterocycles. The third kappa shape index (κ3) is 3.70. The molecule has 0 atom stereocenters. The fourth-order valence-electron chi connectivity index (χ4n) is 3.03. The van der Waals surface area contributed by atoms with Gasteiger partial charge < -0.3 is 9.32 Å². The highest BCUT2D eigenvalue weighted by Gasteiger charge is 2.32. The van der Waals surface area contributed by atoms with E-state index in [0.717, 1.165) is 40.4 Å². The molecule has 0 radical (unpaired) electrons. The number of anilines is 1. The van der Waals surface area contributed by atoms with E-state index in [1.807, 2.05) is 29.2 Å². The van der Waals surface area contributed by atoms with E-state index in [2.05, 4.69) is 36.8 Å². The van der Waals surface area contributed by atoms with Crippen molar-refractivity contribution < 1.29 is 12.8 Å². The average molecular weight is 512 g/mol. The van der Waals surface area contributed by atoms with Crippen molar-refractivity contribution >= 4 is 47.6 Å². The summed E-state index contributed by atoms with van der Waals surface area (Å²) in [4.78, 5) is 6.56. The first-order chi connectivity index (χ1) is 12.9. The number of benzene rings is 2. The number of hydrogen-bond donors (Lipinski definition) is 0. The van der Waals surface area contributed by atoms with Crippen LogP contribution < -0.4 is 4.90 Å². The molecular formula is C19H16Br2N2O3S. The Balaban J connectivity index is 1.85. The number of sulfone groups is 1. The molecule has 0 N–H and O–H groups in total. The molecule has 0 amide bonds. The molecule has 0 spiro atoms. The maximum atomic E-state index is 13.2. The summed E-state index contributed by atoms with van der Waals surface area (Å²) in [6.07, 6.45) is 2.01. The van der Waals surface area contributed by atoms with Crippen LogP contribution in [-0.4, -0.2) is 26.5 Å². The predicted molar refractivity (Wildman–Crippen MR) is 111 cm³/mol. The van der Waals surface area contributed by atoms with Crippen LogP contribution in [0, 0.1) is 0 Å². The maximum Gasteiger partial charge on any atom is 0.236 e. The van der Waals surface area contributed by atoms with Crippen LogP contribution in [0.4, 0.5) is 5.88 Å². The molecule has 0 unspecified atom stereocenters. The molecule has 5 nitrogen and oxygen atoms in total. The van der Waals surface area contributed by atoms with Gasteiger partial charge in [-0.15, -0.1) is 0 Å². The van der Waals surface area contributed by atoms with Crippen molar-refractivity contribution in [2.24, 2.45) is 0 Å². The summed E-state index contributed by atoms with van der Waals surface area (Å²) in [6.45, 7) is 1.52. The third-order valence-electron chi connectivity index (χ3n) is 4.44. The lowest BCUT2D eigenvalue weighted by Crippen LogP contribution is -2.19. The number of nitrogens with zero attached hydrogens (tertiary/aromatic N) is 2. The average Bonchev–Trinajstić information content (AvgIpc) is 3.32. The highest BCUT2D eigenvalue weighted by Crippen LogP contribution is 2.36. The van der Waals surface area contributed by atoms with Gasteiger partial charge in [0, 0.05) is 27.6 Å². The van der Waals surface area contributed by atoms with E-state index in [0.29, 0.717) is 11.8 Å². The molecule has 0 aliphatic carbocycles. The SMILES string of the molecule is O=S(=O)(c1ccc(Br)cc1)c1nc(-c2ccc(Br)cc2)oc1N1CCCC1. The van der Waals surface area contributed by atoms with Crippen LogP contribution in [0.5, 0.6) is 0 Å². The Labute approximate surface area is 174 Å². The van der Waals surface area contributed by atoms with Crippen molar-refractivity contribution in [1.82, 2.24) is 4.98 Å². The Morgan fingerprint density at radius 1 is 0.889 bits per heavy atom. The van der Waals surface area contributed by atoms with Crippen molar-refractivity contribution in [2.75, 3.05) is 18.0 Å². The lowest BCUT2D eigenvalue weighted by molar-refractivity contribution is 0.556. The van der Waals surface area contributed by atoms with Gasteiger partial charge in [0.15, 0.2) is 0 Å². The number of hydrogen-bond acceptors (Lipinski definition) is 5. The quantitative estimate of drug-likeness (QED) is 0.475. The summed E-state index contributed by atoms with van der Waals surface area (Å²) in [5, 5.41) is -0.0235. The zero-order chi connectivity index (χ0) is 19.0. The van der Waals surface area contributed by atoms with Crippen molar-refractivity contribution in [3.63, 3.8) is 0 Å². The van der Waals surface area contributed by atoms with Crippen molar-refractivity contribution in [3.8, 4) is 11.5 Å². The maximum absolute atomic E-state index is 13.2. The smallest absolute Gasteiger partial charge is 0.236 e. The third-order valence-corrected chi connectivity index (χ3v) is 7.17. The van der Waals surface area contributed by atoms with Crippen LogP contribution in [0.15, 0.2) is 71.8 Å². The second kappa shape index (κ2) is 7.41. The topological polar surface area (TPSA) is 63.4 Å². The predicted octanol–water partition coefficient (Wildman–Crippen LogP) is 5.30. The van der Waals surface area contributed by atoms with Crippen molar-refractivity contribution in [3.05, 3.63) is 57.5 Å².